The third-order valence-corrected chi connectivity index (χ3v) is 5.10. The van der Waals surface area contributed by atoms with Gasteiger partial charge in [-0.3, -0.25) is 4.79 Å². The number of anilines is 1. The van der Waals surface area contributed by atoms with Crippen molar-refractivity contribution in [2.45, 2.75) is 39.8 Å². The lowest BCUT2D eigenvalue weighted by atomic mass is 10.1. The van der Waals surface area contributed by atoms with Crippen LogP contribution in [0.5, 0.6) is 11.5 Å². The Balaban J connectivity index is 1.65. The summed E-state index contributed by atoms with van der Waals surface area (Å²) in [4.78, 5) is 12.7. The molecule has 0 saturated carbocycles. The molecule has 3 aromatic rings. The van der Waals surface area contributed by atoms with Crippen LogP contribution in [-0.2, 0) is 4.79 Å². The summed E-state index contributed by atoms with van der Waals surface area (Å²) in [6.45, 7) is 9.09. The van der Waals surface area contributed by atoms with Crippen molar-refractivity contribution in [1.82, 2.24) is 0 Å². The van der Waals surface area contributed by atoms with Gasteiger partial charge in [0.15, 0.2) is 17.5 Å². The SMILES string of the molecule is CCOc1ccc([C@H](C)[NH2+][C@H](C)C(=O)Nc2ccc3ccccc3c2)cc1OCC. The first-order valence-corrected chi connectivity index (χ1v) is 10.6. The van der Waals surface area contributed by atoms with E-state index in [-0.39, 0.29) is 18.0 Å². The van der Waals surface area contributed by atoms with Gasteiger partial charge in [0, 0.05) is 11.3 Å². The van der Waals surface area contributed by atoms with Crippen molar-refractivity contribution in [2.75, 3.05) is 18.5 Å². The molecule has 0 aromatic heterocycles. The van der Waals surface area contributed by atoms with Gasteiger partial charge in [-0.15, -0.1) is 0 Å². The quantitative estimate of drug-likeness (QED) is 0.556. The molecule has 0 spiro atoms. The highest BCUT2D eigenvalue weighted by Crippen LogP contribution is 2.30. The van der Waals surface area contributed by atoms with Gasteiger partial charge < -0.3 is 20.1 Å². The zero-order chi connectivity index (χ0) is 21.5. The van der Waals surface area contributed by atoms with Crippen LogP contribution in [0, 0.1) is 0 Å². The Morgan fingerprint density at radius 1 is 0.900 bits per heavy atom. The van der Waals surface area contributed by atoms with E-state index in [1.807, 2.05) is 75.4 Å². The summed E-state index contributed by atoms with van der Waals surface area (Å²) in [5, 5.41) is 7.36. The van der Waals surface area contributed by atoms with E-state index in [0.717, 1.165) is 33.5 Å². The molecule has 0 aliphatic heterocycles. The van der Waals surface area contributed by atoms with Gasteiger partial charge in [-0.1, -0.05) is 30.3 Å². The second-order valence-corrected chi connectivity index (χ2v) is 7.39. The number of amides is 1. The maximum absolute atomic E-state index is 12.7. The van der Waals surface area contributed by atoms with Crippen molar-refractivity contribution >= 4 is 22.4 Å². The molecule has 0 aliphatic carbocycles. The smallest absolute Gasteiger partial charge is 0.282 e. The van der Waals surface area contributed by atoms with Gasteiger partial charge in [0.2, 0.25) is 0 Å². The van der Waals surface area contributed by atoms with E-state index in [0.29, 0.717) is 13.2 Å². The Kier molecular flexibility index (Phi) is 7.31. The molecule has 2 atom stereocenters. The Morgan fingerprint density at radius 3 is 2.33 bits per heavy atom. The number of quaternary nitrogens is 1. The first-order chi connectivity index (χ1) is 14.5. The van der Waals surface area contributed by atoms with Crippen LogP contribution in [0.3, 0.4) is 0 Å². The van der Waals surface area contributed by atoms with Crippen LogP contribution in [0.25, 0.3) is 10.8 Å². The minimum absolute atomic E-state index is 0.0203. The maximum atomic E-state index is 12.7. The van der Waals surface area contributed by atoms with E-state index in [4.69, 9.17) is 9.47 Å². The van der Waals surface area contributed by atoms with Gasteiger partial charge in [0.1, 0.15) is 6.04 Å². The average molecular weight is 408 g/mol. The van der Waals surface area contributed by atoms with Crippen molar-refractivity contribution in [3.63, 3.8) is 0 Å². The molecular formula is C25H31N2O3+. The maximum Gasteiger partial charge on any atom is 0.282 e. The number of nitrogens with one attached hydrogen (secondary N) is 1. The van der Waals surface area contributed by atoms with Crippen molar-refractivity contribution in [2.24, 2.45) is 0 Å². The average Bonchev–Trinajstić information content (AvgIpc) is 2.75. The molecule has 5 heteroatoms. The normalized spacial score (nSPS) is 12.9. The second kappa shape index (κ2) is 10.1. The molecule has 0 heterocycles. The van der Waals surface area contributed by atoms with E-state index in [1.165, 1.54) is 0 Å². The highest BCUT2D eigenvalue weighted by atomic mass is 16.5. The summed E-state index contributed by atoms with van der Waals surface area (Å²) in [7, 11) is 0. The topological polar surface area (TPSA) is 64.2 Å². The molecule has 5 nitrogen and oxygen atoms in total. The number of benzene rings is 3. The molecule has 0 saturated heterocycles. The Morgan fingerprint density at radius 2 is 1.60 bits per heavy atom. The molecule has 0 aliphatic rings. The number of fused-ring (bicyclic) bond motifs is 1. The molecule has 158 valence electrons. The highest BCUT2D eigenvalue weighted by molar-refractivity contribution is 5.96. The van der Waals surface area contributed by atoms with Gasteiger partial charge in [-0.05, 0) is 68.8 Å². The van der Waals surface area contributed by atoms with E-state index in [9.17, 15) is 4.79 Å². The zero-order valence-corrected chi connectivity index (χ0v) is 18.1. The van der Waals surface area contributed by atoms with Gasteiger partial charge >= 0.3 is 0 Å². The first-order valence-electron chi connectivity index (χ1n) is 10.6. The summed E-state index contributed by atoms with van der Waals surface area (Å²) in [6.07, 6.45) is 0. The van der Waals surface area contributed by atoms with E-state index < -0.39 is 0 Å². The van der Waals surface area contributed by atoms with Crippen molar-refractivity contribution in [3.8, 4) is 11.5 Å². The Labute approximate surface area is 178 Å². The van der Waals surface area contributed by atoms with Crippen molar-refractivity contribution in [1.29, 1.82) is 0 Å². The fourth-order valence-electron chi connectivity index (χ4n) is 3.51. The molecular weight excluding hydrogens is 376 g/mol. The van der Waals surface area contributed by atoms with E-state index in [1.54, 1.807) is 0 Å². The molecule has 3 rings (SSSR count). The van der Waals surface area contributed by atoms with Crippen LogP contribution >= 0.6 is 0 Å². The zero-order valence-electron chi connectivity index (χ0n) is 18.1. The van der Waals surface area contributed by atoms with E-state index >= 15 is 0 Å². The largest absolute Gasteiger partial charge is 0.490 e. The van der Waals surface area contributed by atoms with Crippen LogP contribution < -0.4 is 20.1 Å². The molecule has 1 amide bonds. The summed E-state index contributed by atoms with van der Waals surface area (Å²) in [5.74, 6) is 1.47. The van der Waals surface area contributed by atoms with Gasteiger partial charge in [0.25, 0.3) is 5.91 Å². The van der Waals surface area contributed by atoms with Crippen LogP contribution in [0.4, 0.5) is 5.69 Å². The van der Waals surface area contributed by atoms with Gasteiger partial charge in [0.05, 0.1) is 13.2 Å². The lowest BCUT2D eigenvalue weighted by Gasteiger charge is -2.19. The highest BCUT2D eigenvalue weighted by Gasteiger charge is 2.21. The number of carbonyl (C=O) groups excluding carboxylic acids is 1. The van der Waals surface area contributed by atoms with Crippen LogP contribution in [-0.4, -0.2) is 25.2 Å². The number of hydrogen-bond donors (Lipinski definition) is 2. The molecule has 3 aromatic carbocycles. The summed E-state index contributed by atoms with van der Waals surface area (Å²) < 4.78 is 11.4. The number of ether oxygens (including phenoxy) is 2. The summed E-state index contributed by atoms with van der Waals surface area (Å²) in [5.41, 5.74) is 1.90. The predicted octanol–water partition coefficient (Wildman–Crippen LogP) is 4.29. The minimum Gasteiger partial charge on any atom is -0.490 e. The van der Waals surface area contributed by atoms with E-state index in [2.05, 4.69) is 23.6 Å². The van der Waals surface area contributed by atoms with Gasteiger partial charge in [-0.25, -0.2) is 0 Å². The van der Waals surface area contributed by atoms with Crippen molar-refractivity contribution < 1.29 is 19.6 Å². The summed E-state index contributed by atoms with van der Waals surface area (Å²) in [6, 6.07) is 19.9. The third kappa shape index (κ3) is 5.30. The Hall–Kier alpha value is -3.05. The number of hydrogen-bond acceptors (Lipinski definition) is 3. The van der Waals surface area contributed by atoms with Crippen LogP contribution in [0.15, 0.2) is 60.7 Å². The number of nitrogens with two attached hydrogens (primary N) is 1. The van der Waals surface area contributed by atoms with Crippen molar-refractivity contribution in [3.05, 3.63) is 66.2 Å². The molecule has 0 unspecified atom stereocenters. The monoisotopic (exact) mass is 407 g/mol. The van der Waals surface area contributed by atoms with Crippen LogP contribution in [0.1, 0.15) is 39.3 Å². The van der Waals surface area contributed by atoms with Gasteiger partial charge in [-0.2, -0.15) is 0 Å². The molecule has 3 N–H and O–H groups in total. The minimum atomic E-state index is -0.242. The Bertz CT molecular complexity index is 1000. The molecule has 0 fully saturated rings. The standard InChI is InChI=1S/C25H30N2O3/c1-5-29-23-14-12-20(16-24(23)30-6-2)17(3)26-18(4)25(28)27-22-13-11-19-9-7-8-10-21(19)15-22/h7-18,26H,5-6H2,1-4H3,(H,27,28)/p+1/t17-,18+/m0/s1. The third-order valence-electron chi connectivity index (χ3n) is 5.10. The van der Waals surface area contributed by atoms with Crippen LogP contribution in [0.2, 0.25) is 0 Å². The lowest BCUT2D eigenvalue weighted by Crippen LogP contribution is -2.91. The number of rotatable bonds is 9. The molecule has 0 bridgehead atoms. The summed E-state index contributed by atoms with van der Waals surface area (Å²) >= 11 is 0. The lowest BCUT2D eigenvalue weighted by molar-refractivity contribution is -0.709. The fourth-order valence-corrected chi connectivity index (χ4v) is 3.51. The predicted molar refractivity (Wildman–Crippen MR) is 121 cm³/mol. The molecule has 0 radical (unpaired) electrons. The second-order valence-electron chi connectivity index (χ2n) is 7.39. The molecule has 30 heavy (non-hydrogen) atoms. The fraction of sp³-hybridized carbons (Fsp3) is 0.320. The first kappa shape index (κ1) is 21.7. The number of carbonyl (C=O) groups is 1.